The molecular weight excluding hydrogens is 107 g/mol. The van der Waals surface area contributed by atoms with E-state index in [4.69, 9.17) is 5.11 Å². The highest BCUT2D eigenvalue weighted by Gasteiger charge is 1.96. The van der Waals surface area contributed by atoms with Crippen molar-refractivity contribution >= 4 is 7.92 Å². The Labute approximate surface area is 46.5 Å². The Kier molecular flexibility index (Phi) is 3.59. The van der Waals surface area contributed by atoms with Crippen molar-refractivity contribution in [1.82, 2.24) is 0 Å². The van der Waals surface area contributed by atoms with Crippen molar-refractivity contribution in [2.75, 3.05) is 19.5 Å². The Morgan fingerprint density at radius 1 is 1.57 bits per heavy atom. The van der Waals surface area contributed by atoms with Gasteiger partial charge in [-0.15, -0.1) is 7.92 Å². The smallest absolute Gasteiger partial charge is 0.0551 e. The second kappa shape index (κ2) is 3.40. The molecule has 0 rings (SSSR count). The van der Waals surface area contributed by atoms with Crippen molar-refractivity contribution in [1.29, 1.82) is 0 Å². The molecule has 0 bridgehead atoms. The maximum absolute atomic E-state index is 8.74. The van der Waals surface area contributed by atoms with E-state index in [1.54, 1.807) is 0 Å². The van der Waals surface area contributed by atoms with Crippen LogP contribution in [0.2, 0.25) is 0 Å². The molecule has 0 aliphatic carbocycles. The Balaban J connectivity index is 2.95. The molecule has 7 heavy (non-hydrogen) atoms. The van der Waals surface area contributed by atoms with Gasteiger partial charge in [-0.3, -0.25) is 0 Å². The number of hydrogen-bond donors (Lipinski definition) is 1. The van der Waals surface area contributed by atoms with Gasteiger partial charge in [0.15, 0.2) is 0 Å². The largest absolute Gasteiger partial charge is 0.393 e. The van der Waals surface area contributed by atoms with Crippen molar-refractivity contribution in [3.63, 3.8) is 0 Å². The van der Waals surface area contributed by atoms with Gasteiger partial charge in [0, 0.05) is 0 Å². The molecule has 0 amide bonds. The molecule has 44 valence electrons. The highest BCUT2D eigenvalue weighted by atomic mass is 31.1. The molecule has 0 heterocycles. The molecule has 0 aromatic rings. The summed E-state index contributed by atoms with van der Waals surface area (Å²) >= 11 is 0. The van der Waals surface area contributed by atoms with E-state index in [-0.39, 0.29) is 14.0 Å². The van der Waals surface area contributed by atoms with Gasteiger partial charge in [0.25, 0.3) is 0 Å². The predicted octanol–water partition coefficient (Wildman–Crippen LogP) is 1.11. The first-order valence-electron chi connectivity index (χ1n) is 2.45. The van der Waals surface area contributed by atoms with Gasteiger partial charge in [-0.25, -0.2) is 0 Å². The van der Waals surface area contributed by atoms with Gasteiger partial charge in [-0.05, 0) is 26.4 Å². The molecule has 0 saturated heterocycles. The van der Waals surface area contributed by atoms with Gasteiger partial charge in [0.2, 0.25) is 0 Å². The summed E-state index contributed by atoms with van der Waals surface area (Å²) in [4.78, 5) is 0. The second-order valence-electron chi connectivity index (χ2n) is 2.11. The van der Waals surface area contributed by atoms with Crippen molar-refractivity contribution in [2.24, 2.45) is 0 Å². The lowest BCUT2D eigenvalue weighted by molar-refractivity contribution is 0.219. The number of rotatable bonds is 2. The predicted molar refractivity (Wildman–Crippen MR) is 35.3 cm³/mol. The Hall–Kier alpha value is 0.390. The summed E-state index contributed by atoms with van der Waals surface area (Å²) in [7, 11) is 0.110. The fraction of sp³-hybridized carbons (Fsp3) is 1.00. The molecule has 0 aliphatic heterocycles. The summed E-state index contributed by atoms with van der Waals surface area (Å²) in [5, 5.41) is 8.74. The standard InChI is InChI=1S/C5H13OP/c1-5(6)4-7(2)3/h5-6H,4H2,1-3H3. The number of hydrogen-bond acceptors (Lipinski definition) is 1. The normalized spacial score (nSPS) is 15.0. The van der Waals surface area contributed by atoms with E-state index >= 15 is 0 Å². The summed E-state index contributed by atoms with van der Waals surface area (Å²) in [5.41, 5.74) is 0. The lowest BCUT2D eigenvalue weighted by Crippen LogP contribution is -2.03. The van der Waals surface area contributed by atoms with Crippen LogP contribution in [0.15, 0.2) is 0 Å². The van der Waals surface area contributed by atoms with Crippen LogP contribution in [-0.2, 0) is 0 Å². The average molecular weight is 120 g/mol. The van der Waals surface area contributed by atoms with Gasteiger partial charge in [-0.1, -0.05) is 0 Å². The molecule has 0 fully saturated rings. The maximum Gasteiger partial charge on any atom is 0.0551 e. The first-order chi connectivity index (χ1) is 3.13. The fourth-order valence-corrected chi connectivity index (χ4v) is 1.59. The Morgan fingerprint density at radius 2 is 2.00 bits per heavy atom. The topological polar surface area (TPSA) is 20.2 Å². The molecule has 0 radical (unpaired) electrons. The monoisotopic (exact) mass is 120 g/mol. The van der Waals surface area contributed by atoms with Crippen molar-refractivity contribution < 1.29 is 5.11 Å². The summed E-state index contributed by atoms with van der Waals surface area (Å²) in [5.74, 6) is 0. The van der Waals surface area contributed by atoms with Crippen LogP contribution in [0.4, 0.5) is 0 Å². The van der Waals surface area contributed by atoms with Crippen LogP contribution in [0, 0.1) is 0 Å². The minimum Gasteiger partial charge on any atom is -0.393 e. The first-order valence-corrected chi connectivity index (χ1v) is 4.88. The zero-order chi connectivity index (χ0) is 5.86. The van der Waals surface area contributed by atoms with E-state index in [1.807, 2.05) is 6.92 Å². The van der Waals surface area contributed by atoms with Gasteiger partial charge < -0.3 is 5.11 Å². The van der Waals surface area contributed by atoms with Crippen LogP contribution in [-0.4, -0.2) is 30.7 Å². The molecule has 0 aromatic carbocycles. The summed E-state index contributed by atoms with van der Waals surface area (Å²) < 4.78 is 0. The zero-order valence-electron chi connectivity index (χ0n) is 5.18. The van der Waals surface area contributed by atoms with Crippen molar-refractivity contribution in [2.45, 2.75) is 13.0 Å². The Bertz CT molecular complexity index is 37.3. The first kappa shape index (κ1) is 7.39. The molecule has 0 saturated carbocycles. The van der Waals surface area contributed by atoms with E-state index in [9.17, 15) is 0 Å². The van der Waals surface area contributed by atoms with Crippen LogP contribution in [0.3, 0.4) is 0 Å². The summed E-state index contributed by atoms with van der Waals surface area (Å²) in [6.07, 6.45) is 0.885. The molecule has 1 N–H and O–H groups in total. The lowest BCUT2D eigenvalue weighted by atomic mass is 10.5. The zero-order valence-corrected chi connectivity index (χ0v) is 6.07. The quantitative estimate of drug-likeness (QED) is 0.541. The molecule has 1 atom stereocenters. The summed E-state index contributed by atoms with van der Waals surface area (Å²) in [6.45, 7) is 6.17. The molecule has 0 aromatic heterocycles. The molecule has 0 spiro atoms. The molecule has 1 nitrogen and oxygen atoms in total. The van der Waals surface area contributed by atoms with Crippen LogP contribution in [0.5, 0.6) is 0 Å². The second-order valence-corrected chi connectivity index (χ2v) is 4.64. The molecular formula is C5H13OP. The van der Waals surface area contributed by atoms with Crippen molar-refractivity contribution in [3.8, 4) is 0 Å². The highest BCUT2D eigenvalue weighted by molar-refractivity contribution is 7.56. The van der Waals surface area contributed by atoms with E-state index in [0.29, 0.717) is 0 Å². The minimum atomic E-state index is -0.0962. The highest BCUT2D eigenvalue weighted by Crippen LogP contribution is 2.24. The van der Waals surface area contributed by atoms with Gasteiger partial charge in [0.1, 0.15) is 0 Å². The Morgan fingerprint density at radius 3 is 2.00 bits per heavy atom. The van der Waals surface area contributed by atoms with Gasteiger partial charge in [0.05, 0.1) is 6.10 Å². The van der Waals surface area contributed by atoms with E-state index in [2.05, 4.69) is 13.3 Å². The number of aliphatic hydroxyl groups excluding tert-OH is 1. The van der Waals surface area contributed by atoms with E-state index in [1.165, 1.54) is 0 Å². The van der Waals surface area contributed by atoms with Crippen LogP contribution >= 0.6 is 7.92 Å². The van der Waals surface area contributed by atoms with Crippen LogP contribution in [0.25, 0.3) is 0 Å². The fourth-order valence-electron chi connectivity index (χ4n) is 0.528. The third kappa shape index (κ3) is 6.39. The van der Waals surface area contributed by atoms with E-state index in [0.717, 1.165) is 6.16 Å². The van der Waals surface area contributed by atoms with Crippen LogP contribution < -0.4 is 0 Å². The maximum atomic E-state index is 8.74. The number of aliphatic hydroxyl groups is 1. The SMILES string of the molecule is CC(O)CP(C)C. The van der Waals surface area contributed by atoms with Gasteiger partial charge in [-0.2, -0.15) is 0 Å². The van der Waals surface area contributed by atoms with Crippen molar-refractivity contribution in [3.05, 3.63) is 0 Å². The molecule has 2 heteroatoms. The molecule has 1 unspecified atom stereocenters. The third-order valence-corrected chi connectivity index (χ3v) is 1.89. The third-order valence-electron chi connectivity index (χ3n) is 0.629. The van der Waals surface area contributed by atoms with Crippen LogP contribution in [0.1, 0.15) is 6.92 Å². The summed E-state index contributed by atoms with van der Waals surface area (Å²) in [6, 6.07) is 0. The lowest BCUT2D eigenvalue weighted by Gasteiger charge is -2.05. The average Bonchev–Trinajstić information content (AvgIpc) is 1.27. The minimum absolute atomic E-state index is 0.0962. The van der Waals surface area contributed by atoms with E-state index < -0.39 is 0 Å². The molecule has 0 aliphatic rings. The van der Waals surface area contributed by atoms with Gasteiger partial charge >= 0.3 is 0 Å².